The Hall–Kier alpha value is -2.59. The first-order valence-corrected chi connectivity index (χ1v) is 11.0. The van der Waals surface area contributed by atoms with Gasteiger partial charge in [-0.05, 0) is 43.2 Å². The summed E-state index contributed by atoms with van der Waals surface area (Å²) in [5.41, 5.74) is -0.967. The van der Waals surface area contributed by atoms with E-state index in [4.69, 9.17) is 9.47 Å². The highest BCUT2D eigenvalue weighted by molar-refractivity contribution is 7.89. The number of piperidine rings is 1. The van der Waals surface area contributed by atoms with Crippen LogP contribution in [0, 0.1) is 5.92 Å². The molecule has 0 amide bonds. The molecule has 0 unspecified atom stereocenters. The lowest BCUT2D eigenvalue weighted by Crippen LogP contribution is -2.40. The lowest BCUT2D eigenvalue weighted by molar-refractivity contribution is -0.153. The molecule has 0 bridgehead atoms. The summed E-state index contributed by atoms with van der Waals surface area (Å²) in [5, 5.41) is 0. The van der Waals surface area contributed by atoms with E-state index in [1.54, 1.807) is 12.1 Å². The molecule has 168 valence electrons. The van der Waals surface area contributed by atoms with Crippen molar-refractivity contribution < 1.29 is 35.9 Å². The van der Waals surface area contributed by atoms with Gasteiger partial charge in [-0.25, -0.2) is 8.42 Å². The maximum atomic E-state index is 13.1. The number of alkyl halides is 3. The zero-order valence-electron chi connectivity index (χ0n) is 16.8. The number of sulfonamides is 1. The van der Waals surface area contributed by atoms with Gasteiger partial charge in [-0.15, -0.1) is 0 Å². The summed E-state index contributed by atoms with van der Waals surface area (Å²) in [6.45, 7) is -0.251. The van der Waals surface area contributed by atoms with E-state index in [9.17, 15) is 26.4 Å². The van der Waals surface area contributed by atoms with Crippen LogP contribution in [0.3, 0.4) is 0 Å². The predicted molar refractivity (Wildman–Crippen MR) is 106 cm³/mol. The minimum Gasteiger partial charge on any atom is -0.497 e. The molecule has 1 aliphatic rings. The van der Waals surface area contributed by atoms with E-state index in [1.807, 2.05) is 0 Å². The second-order valence-corrected chi connectivity index (χ2v) is 9.05. The lowest BCUT2D eigenvalue weighted by atomic mass is 9.98. The van der Waals surface area contributed by atoms with E-state index < -0.39 is 40.3 Å². The van der Waals surface area contributed by atoms with Crippen LogP contribution >= 0.6 is 0 Å². The van der Waals surface area contributed by atoms with Crippen LogP contribution < -0.4 is 4.74 Å². The Kier molecular flexibility index (Phi) is 6.90. The van der Waals surface area contributed by atoms with Gasteiger partial charge in [0.05, 0.1) is 23.5 Å². The second kappa shape index (κ2) is 9.27. The Morgan fingerprint density at radius 1 is 1.06 bits per heavy atom. The van der Waals surface area contributed by atoms with Crippen molar-refractivity contribution in [1.82, 2.24) is 4.31 Å². The van der Waals surface area contributed by atoms with Crippen LogP contribution in [-0.2, 0) is 32.3 Å². The Bertz CT molecular complexity index is 1010. The molecule has 2 aromatic carbocycles. The van der Waals surface area contributed by atoms with Crippen molar-refractivity contribution in [1.29, 1.82) is 0 Å². The number of ether oxygens (including phenoxy) is 2. The molecule has 0 aliphatic carbocycles. The van der Waals surface area contributed by atoms with Crippen LogP contribution in [0.2, 0.25) is 0 Å². The molecule has 1 saturated heterocycles. The van der Waals surface area contributed by atoms with Gasteiger partial charge < -0.3 is 9.47 Å². The smallest absolute Gasteiger partial charge is 0.416 e. The van der Waals surface area contributed by atoms with Crippen molar-refractivity contribution in [3.63, 3.8) is 0 Å². The Balaban J connectivity index is 1.58. The SMILES string of the molecule is COc1ccc(S(=O)(=O)N2CCC(C(=O)OCc3ccccc3C(F)(F)F)CC2)cc1. The number of esters is 1. The first-order chi connectivity index (χ1) is 14.6. The number of carbonyl (C=O) groups is 1. The molecule has 0 N–H and O–H groups in total. The van der Waals surface area contributed by atoms with Crippen molar-refractivity contribution >= 4 is 16.0 Å². The molecule has 6 nitrogen and oxygen atoms in total. The molecule has 0 spiro atoms. The summed E-state index contributed by atoms with van der Waals surface area (Å²) in [6.07, 6.45) is -4.07. The van der Waals surface area contributed by atoms with Crippen molar-refractivity contribution in [2.75, 3.05) is 20.2 Å². The van der Waals surface area contributed by atoms with Crippen molar-refractivity contribution in [2.24, 2.45) is 5.92 Å². The van der Waals surface area contributed by atoms with Crippen molar-refractivity contribution in [3.8, 4) is 5.75 Å². The van der Waals surface area contributed by atoms with E-state index in [0.717, 1.165) is 6.07 Å². The molecule has 0 saturated carbocycles. The maximum absolute atomic E-state index is 13.1. The molecule has 1 heterocycles. The van der Waals surface area contributed by atoms with E-state index in [0.29, 0.717) is 5.75 Å². The van der Waals surface area contributed by atoms with Crippen LogP contribution in [-0.4, -0.2) is 38.9 Å². The zero-order valence-corrected chi connectivity index (χ0v) is 17.6. The molecular weight excluding hydrogens is 435 g/mol. The number of hydrogen-bond donors (Lipinski definition) is 0. The standard InChI is InChI=1S/C21H22F3NO5S/c1-29-17-6-8-18(9-7-17)31(27,28)25-12-10-15(11-13-25)20(26)30-14-16-4-2-3-5-19(16)21(22,23)24/h2-9,15H,10-14H2,1H3. The maximum Gasteiger partial charge on any atom is 0.416 e. The van der Waals surface area contributed by atoms with Gasteiger partial charge >= 0.3 is 12.1 Å². The fourth-order valence-corrected chi connectivity index (χ4v) is 4.89. The topological polar surface area (TPSA) is 72.9 Å². The van der Waals surface area contributed by atoms with Crippen molar-refractivity contribution in [3.05, 3.63) is 59.7 Å². The summed E-state index contributed by atoms with van der Waals surface area (Å²) in [5.74, 6) is -0.661. The number of halogens is 3. The van der Waals surface area contributed by atoms with Crippen LogP contribution in [0.25, 0.3) is 0 Å². The number of hydrogen-bond acceptors (Lipinski definition) is 5. The normalized spacial score (nSPS) is 16.1. The summed E-state index contributed by atoms with van der Waals surface area (Å²) in [4.78, 5) is 12.5. The van der Waals surface area contributed by atoms with Gasteiger partial charge in [-0.3, -0.25) is 4.79 Å². The van der Waals surface area contributed by atoms with E-state index in [1.165, 1.54) is 41.7 Å². The highest BCUT2D eigenvalue weighted by Crippen LogP contribution is 2.32. The largest absolute Gasteiger partial charge is 0.497 e. The van der Waals surface area contributed by atoms with E-state index >= 15 is 0 Å². The Morgan fingerprint density at radius 3 is 2.26 bits per heavy atom. The number of nitrogens with zero attached hydrogens (tertiary/aromatic N) is 1. The fourth-order valence-electron chi connectivity index (χ4n) is 3.42. The minimum atomic E-state index is -4.54. The zero-order chi connectivity index (χ0) is 22.6. The first kappa shape index (κ1) is 23.1. The second-order valence-electron chi connectivity index (χ2n) is 7.12. The van der Waals surface area contributed by atoms with Gasteiger partial charge in [-0.1, -0.05) is 18.2 Å². The third-order valence-electron chi connectivity index (χ3n) is 5.18. The molecule has 31 heavy (non-hydrogen) atoms. The van der Waals surface area contributed by atoms with Gasteiger partial charge in [0.25, 0.3) is 0 Å². The predicted octanol–water partition coefficient (Wildman–Crippen LogP) is 3.86. The highest BCUT2D eigenvalue weighted by atomic mass is 32.2. The Labute approximate surface area is 178 Å². The molecule has 2 aromatic rings. The van der Waals surface area contributed by atoms with E-state index in [-0.39, 0.29) is 36.4 Å². The highest BCUT2D eigenvalue weighted by Gasteiger charge is 2.35. The summed E-state index contributed by atoms with van der Waals surface area (Å²) >= 11 is 0. The Morgan fingerprint density at radius 2 is 1.68 bits per heavy atom. The number of methoxy groups -OCH3 is 1. The molecule has 10 heteroatoms. The molecule has 0 radical (unpaired) electrons. The van der Waals surface area contributed by atoms with Gasteiger partial charge in [-0.2, -0.15) is 17.5 Å². The van der Waals surface area contributed by atoms with Gasteiger partial charge in [0.1, 0.15) is 12.4 Å². The lowest BCUT2D eigenvalue weighted by Gasteiger charge is -2.30. The monoisotopic (exact) mass is 457 g/mol. The summed E-state index contributed by atoms with van der Waals surface area (Å²) < 4.78 is 76.1. The first-order valence-electron chi connectivity index (χ1n) is 9.59. The molecule has 1 fully saturated rings. The molecule has 0 atom stereocenters. The third kappa shape index (κ3) is 5.37. The summed E-state index contributed by atoms with van der Waals surface area (Å²) in [7, 11) is -2.23. The number of benzene rings is 2. The van der Waals surface area contributed by atoms with Crippen LogP contribution in [0.15, 0.2) is 53.4 Å². The minimum absolute atomic E-state index is 0.118. The fraction of sp³-hybridized carbons (Fsp3) is 0.381. The average molecular weight is 457 g/mol. The van der Waals surface area contributed by atoms with Gasteiger partial charge in [0.15, 0.2) is 0 Å². The van der Waals surface area contributed by atoms with Crippen LogP contribution in [0.1, 0.15) is 24.0 Å². The average Bonchev–Trinajstić information content (AvgIpc) is 2.77. The summed E-state index contributed by atoms with van der Waals surface area (Å²) in [6, 6.07) is 10.9. The van der Waals surface area contributed by atoms with E-state index in [2.05, 4.69) is 0 Å². The van der Waals surface area contributed by atoms with Crippen LogP contribution in [0.5, 0.6) is 5.75 Å². The number of carbonyl (C=O) groups excluding carboxylic acids is 1. The molecule has 1 aliphatic heterocycles. The molecular formula is C21H22F3NO5S. The van der Waals surface area contributed by atoms with Gasteiger partial charge in [0, 0.05) is 18.7 Å². The van der Waals surface area contributed by atoms with Crippen LogP contribution in [0.4, 0.5) is 13.2 Å². The molecule has 0 aromatic heterocycles. The third-order valence-corrected chi connectivity index (χ3v) is 7.09. The van der Waals surface area contributed by atoms with Crippen molar-refractivity contribution in [2.45, 2.75) is 30.5 Å². The van der Waals surface area contributed by atoms with Gasteiger partial charge in [0.2, 0.25) is 10.0 Å². The number of rotatable bonds is 6. The molecule has 3 rings (SSSR count). The quantitative estimate of drug-likeness (QED) is 0.616.